The molecular formula is C20H28N4O. The molecule has 2 aromatic rings. The van der Waals surface area contributed by atoms with E-state index in [2.05, 4.69) is 40.0 Å². The van der Waals surface area contributed by atoms with Crippen molar-refractivity contribution in [3.05, 3.63) is 36.0 Å². The standard InChI is InChI=1S/C20H28N4O/c1-4-15(3)22-20(25)18-14-21-19(17-9-7-6-8-16(17)18)24-12-10-23(5-2)11-13-24/h6-9,14-15H,4-5,10-13H2,1-3H3,(H,22,25). The highest BCUT2D eigenvalue weighted by atomic mass is 16.1. The molecule has 0 saturated carbocycles. The van der Waals surface area contributed by atoms with Crippen molar-refractivity contribution < 1.29 is 4.79 Å². The summed E-state index contributed by atoms with van der Waals surface area (Å²) in [5, 5.41) is 5.09. The predicted octanol–water partition coefficient (Wildman–Crippen LogP) is 2.91. The number of benzene rings is 1. The van der Waals surface area contributed by atoms with E-state index in [1.54, 1.807) is 6.20 Å². The summed E-state index contributed by atoms with van der Waals surface area (Å²) in [5.74, 6) is 0.951. The molecule has 1 saturated heterocycles. The minimum atomic E-state index is -0.0413. The molecule has 5 heteroatoms. The molecule has 1 aliphatic heterocycles. The number of rotatable bonds is 5. The number of anilines is 1. The van der Waals surface area contributed by atoms with E-state index in [0.29, 0.717) is 5.56 Å². The minimum absolute atomic E-state index is 0.0413. The number of pyridine rings is 1. The molecule has 0 spiro atoms. The van der Waals surface area contributed by atoms with Gasteiger partial charge in [0.15, 0.2) is 0 Å². The van der Waals surface area contributed by atoms with Gasteiger partial charge in [0.2, 0.25) is 0 Å². The van der Waals surface area contributed by atoms with Crippen LogP contribution in [0.3, 0.4) is 0 Å². The van der Waals surface area contributed by atoms with E-state index in [-0.39, 0.29) is 11.9 Å². The van der Waals surface area contributed by atoms with Gasteiger partial charge in [-0.25, -0.2) is 4.98 Å². The maximum atomic E-state index is 12.6. The molecule has 1 amide bonds. The molecule has 2 heterocycles. The van der Waals surface area contributed by atoms with Crippen LogP contribution in [0.25, 0.3) is 10.8 Å². The van der Waals surface area contributed by atoms with Crippen molar-refractivity contribution >= 4 is 22.5 Å². The SMILES string of the molecule is CCC(C)NC(=O)c1cnc(N2CCN(CC)CC2)c2ccccc12. The van der Waals surface area contributed by atoms with Crippen molar-refractivity contribution in [1.82, 2.24) is 15.2 Å². The van der Waals surface area contributed by atoms with Gasteiger partial charge in [0.25, 0.3) is 5.91 Å². The molecule has 25 heavy (non-hydrogen) atoms. The van der Waals surface area contributed by atoms with Gasteiger partial charge in [0.05, 0.1) is 5.56 Å². The van der Waals surface area contributed by atoms with Crippen molar-refractivity contribution in [2.45, 2.75) is 33.2 Å². The van der Waals surface area contributed by atoms with E-state index in [4.69, 9.17) is 0 Å². The highest BCUT2D eigenvalue weighted by molar-refractivity contribution is 6.09. The normalized spacial score (nSPS) is 16.8. The molecule has 1 N–H and O–H groups in total. The number of likely N-dealkylation sites (N-methyl/N-ethyl adjacent to an activating group) is 1. The Morgan fingerprint density at radius 3 is 2.48 bits per heavy atom. The second kappa shape index (κ2) is 7.83. The fourth-order valence-corrected chi connectivity index (χ4v) is 3.29. The minimum Gasteiger partial charge on any atom is -0.354 e. The van der Waals surface area contributed by atoms with Crippen molar-refractivity contribution in [2.24, 2.45) is 0 Å². The summed E-state index contributed by atoms with van der Waals surface area (Å²) in [6.45, 7) is 11.5. The fraction of sp³-hybridized carbons (Fsp3) is 0.500. The molecular weight excluding hydrogens is 312 g/mol. The average molecular weight is 340 g/mol. The summed E-state index contributed by atoms with van der Waals surface area (Å²) >= 11 is 0. The molecule has 1 aromatic carbocycles. The third-order valence-electron chi connectivity index (χ3n) is 5.13. The van der Waals surface area contributed by atoms with Crippen LogP contribution in [-0.4, -0.2) is 54.6 Å². The van der Waals surface area contributed by atoms with Crippen LogP contribution in [0.4, 0.5) is 5.82 Å². The number of piperazine rings is 1. The van der Waals surface area contributed by atoms with Gasteiger partial charge in [-0.2, -0.15) is 0 Å². The number of aromatic nitrogens is 1. The highest BCUT2D eigenvalue weighted by Crippen LogP contribution is 2.28. The number of carbonyl (C=O) groups excluding carboxylic acids is 1. The first-order valence-corrected chi connectivity index (χ1v) is 9.30. The fourth-order valence-electron chi connectivity index (χ4n) is 3.29. The summed E-state index contributed by atoms with van der Waals surface area (Å²) in [6.07, 6.45) is 2.65. The zero-order valence-electron chi connectivity index (χ0n) is 15.5. The van der Waals surface area contributed by atoms with Crippen LogP contribution in [0.15, 0.2) is 30.5 Å². The van der Waals surface area contributed by atoms with Crippen LogP contribution in [0, 0.1) is 0 Å². The second-order valence-corrected chi connectivity index (χ2v) is 6.75. The first kappa shape index (κ1) is 17.7. The second-order valence-electron chi connectivity index (χ2n) is 6.75. The lowest BCUT2D eigenvalue weighted by molar-refractivity contribution is 0.0940. The van der Waals surface area contributed by atoms with Crippen LogP contribution in [0.1, 0.15) is 37.6 Å². The quantitative estimate of drug-likeness (QED) is 0.909. The van der Waals surface area contributed by atoms with Gasteiger partial charge in [-0.05, 0) is 25.3 Å². The number of fused-ring (bicyclic) bond motifs is 1. The average Bonchev–Trinajstić information content (AvgIpc) is 2.67. The predicted molar refractivity (Wildman–Crippen MR) is 103 cm³/mol. The monoisotopic (exact) mass is 340 g/mol. The molecule has 1 unspecified atom stereocenters. The van der Waals surface area contributed by atoms with E-state index < -0.39 is 0 Å². The van der Waals surface area contributed by atoms with Crippen molar-refractivity contribution in [2.75, 3.05) is 37.6 Å². The van der Waals surface area contributed by atoms with Crippen LogP contribution < -0.4 is 10.2 Å². The lowest BCUT2D eigenvalue weighted by Crippen LogP contribution is -2.46. The van der Waals surface area contributed by atoms with Gasteiger partial charge < -0.3 is 15.1 Å². The van der Waals surface area contributed by atoms with Crippen LogP contribution in [-0.2, 0) is 0 Å². The molecule has 0 aliphatic carbocycles. The maximum absolute atomic E-state index is 12.6. The number of nitrogens with zero attached hydrogens (tertiary/aromatic N) is 3. The van der Waals surface area contributed by atoms with Gasteiger partial charge in [-0.1, -0.05) is 38.1 Å². The molecule has 1 atom stereocenters. The Balaban J connectivity index is 1.92. The first-order chi connectivity index (χ1) is 12.1. The number of hydrogen-bond acceptors (Lipinski definition) is 4. The van der Waals surface area contributed by atoms with Crippen molar-refractivity contribution in [1.29, 1.82) is 0 Å². The van der Waals surface area contributed by atoms with E-state index in [0.717, 1.165) is 55.7 Å². The summed E-state index contributed by atoms with van der Waals surface area (Å²) in [6, 6.07) is 8.26. The maximum Gasteiger partial charge on any atom is 0.253 e. The Morgan fingerprint density at radius 2 is 1.84 bits per heavy atom. The van der Waals surface area contributed by atoms with Gasteiger partial charge in [-0.15, -0.1) is 0 Å². The van der Waals surface area contributed by atoms with Crippen LogP contribution in [0.2, 0.25) is 0 Å². The number of carbonyl (C=O) groups is 1. The van der Waals surface area contributed by atoms with E-state index >= 15 is 0 Å². The molecule has 134 valence electrons. The summed E-state index contributed by atoms with van der Waals surface area (Å²) in [7, 11) is 0. The molecule has 0 radical (unpaired) electrons. The Bertz CT molecular complexity index is 738. The molecule has 5 nitrogen and oxygen atoms in total. The Kier molecular flexibility index (Phi) is 5.53. The van der Waals surface area contributed by atoms with Crippen LogP contribution in [0.5, 0.6) is 0 Å². The zero-order chi connectivity index (χ0) is 17.8. The first-order valence-electron chi connectivity index (χ1n) is 9.30. The van der Waals surface area contributed by atoms with Crippen molar-refractivity contribution in [3.63, 3.8) is 0 Å². The van der Waals surface area contributed by atoms with E-state index in [1.807, 2.05) is 25.1 Å². The lowest BCUT2D eigenvalue weighted by Gasteiger charge is -2.35. The lowest BCUT2D eigenvalue weighted by atomic mass is 10.1. The Labute approximate surface area is 150 Å². The molecule has 0 bridgehead atoms. The third-order valence-corrected chi connectivity index (χ3v) is 5.13. The smallest absolute Gasteiger partial charge is 0.253 e. The summed E-state index contributed by atoms with van der Waals surface area (Å²) in [4.78, 5) is 22.1. The zero-order valence-corrected chi connectivity index (χ0v) is 15.5. The summed E-state index contributed by atoms with van der Waals surface area (Å²) < 4.78 is 0. The highest BCUT2D eigenvalue weighted by Gasteiger charge is 2.21. The number of amides is 1. The Morgan fingerprint density at radius 1 is 1.16 bits per heavy atom. The van der Waals surface area contributed by atoms with E-state index in [1.165, 1.54) is 0 Å². The molecule has 1 aliphatic rings. The summed E-state index contributed by atoms with van der Waals surface area (Å²) in [5.41, 5.74) is 0.659. The molecule has 3 rings (SSSR count). The number of nitrogens with one attached hydrogen (secondary N) is 1. The Hall–Kier alpha value is -2.14. The van der Waals surface area contributed by atoms with E-state index in [9.17, 15) is 4.79 Å². The van der Waals surface area contributed by atoms with Gasteiger partial charge in [0, 0.05) is 43.8 Å². The topological polar surface area (TPSA) is 48.5 Å². The molecule has 1 aromatic heterocycles. The molecule has 1 fully saturated rings. The van der Waals surface area contributed by atoms with Gasteiger partial charge >= 0.3 is 0 Å². The van der Waals surface area contributed by atoms with Gasteiger partial charge in [0.1, 0.15) is 5.82 Å². The largest absolute Gasteiger partial charge is 0.354 e. The number of hydrogen-bond donors (Lipinski definition) is 1. The third kappa shape index (κ3) is 3.76. The van der Waals surface area contributed by atoms with Gasteiger partial charge in [-0.3, -0.25) is 4.79 Å². The van der Waals surface area contributed by atoms with Crippen LogP contribution >= 0.6 is 0 Å². The van der Waals surface area contributed by atoms with Crippen molar-refractivity contribution in [3.8, 4) is 0 Å².